The van der Waals surface area contributed by atoms with Gasteiger partial charge in [-0.05, 0) is 12.1 Å². The SMILES string of the molecule is COc1cc(C(=O)OCC(=O)c2ccccc2OC)c([N+](=O)[O-])cc1OC. The van der Waals surface area contributed by atoms with Crippen LogP contribution in [0, 0.1) is 10.1 Å². The fourth-order valence-electron chi connectivity index (χ4n) is 2.34. The molecule has 0 radical (unpaired) electrons. The topological polar surface area (TPSA) is 114 Å². The van der Waals surface area contributed by atoms with Gasteiger partial charge in [-0.1, -0.05) is 12.1 Å². The molecule has 0 amide bonds. The molecular formula is C18H17NO8. The number of esters is 1. The molecule has 0 bridgehead atoms. The third-order valence-corrected chi connectivity index (χ3v) is 3.66. The van der Waals surface area contributed by atoms with Gasteiger partial charge in [-0.15, -0.1) is 0 Å². The van der Waals surface area contributed by atoms with E-state index in [0.717, 1.165) is 12.1 Å². The number of para-hydroxylation sites is 1. The van der Waals surface area contributed by atoms with Crippen molar-refractivity contribution < 1.29 is 33.5 Å². The van der Waals surface area contributed by atoms with Crippen LogP contribution in [-0.2, 0) is 4.74 Å². The summed E-state index contributed by atoms with van der Waals surface area (Å²) in [5, 5.41) is 11.3. The number of nitro groups is 1. The molecule has 0 aromatic heterocycles. The number of nitrogens with zero attached hydrogens (tertiary/aromatic N) is 1. The van der Waals surface area contributed by atoms with Crippen LogP contribution in [0.1, 0.15) is 20.7 Å². The first-order valence-electron chi connectivity index (χ1n) is 7.66. The highest BCUT2D eigenvalue weighted by Crippen LogP contribution is 2.34. The Morgan fingerprint density at radius 1 is 0.926 bits per heavy atom. The Kier molecular flexibility index (Phi) is 6.32. The van der Waals surface area contributed by atoms with E-state index in [0.29, 0.717) is 5.75 Å². The number of carbonyl (C=O) groups excluding carboxylic acids is 2. The molecule has 0 spiro atoms. The molecule has 0 unspecified atom stereocenters. The summed E-state index contributed by atoms with van der Waals surface area (Å²) in [6.45, 7) is -0.606. The Hall–Kier alpha value is -3.62. The van der Waals surface area contributed by atoms with Gasteiger partial charge in [-0.2, -0.15) is 0 Å². The lowest BCUT2D eigenvalue weighted by molar-refractivity contribution is -0.385. The summed E-state index contributed by atoms with van der Waals surface area (Å²) in [5.74, 6) is -1.01. The maximum atomic E-state index is 12.3. The van der Waals surface area contributed by atoms with E-state index in [1.165, 1.54) is 27.4 Å². The molecular weight excluding hydrogens is 358 g/mol. The highest BCUT2D eigenvalue weighted by atomic mass is 16.6. The molecule has 9 heteroatoms. The molecule has 0 heterocycles. The number of ketones is 1. The van der Waals surface area contributed by atoms with Gasteiger partial charge in [-0.25, -0.2) is 4.79 Å². The van der Waals surface area contributed by atoms with Gasteiger partial charge in [0, 0.05) is 6.07 Å². The lowest BCUT2D eigenvalue weighted by Crippen LogP contribution is -2.16. The van der Waals surface area contributed by atoms with E-state index in [-0.39, 0.29) is 22.6 Å². The van der Waals surface area contributed by atoms with E-state index in [2.05, 4.69) is 0 Å². The molecule has 0 fully saturated rings. The number of benzene rings is 2. The smallest absolute Gasteiger partial charge is 0.345 e. The first-order valence-corrected chi connectivity index (χ1v) is 7.66. The highest BCUT2D eigenvalue weighted by molar-refractivity contribution is 6.02. The monoisotopic (exact) mass is 375 g/mol. The van der Waals surface area contributed by atoms with Gasteiger partial charge in [0.05, 0.1) is 37.9 Å². The maximum absolute atomic E-state index is 12.3. The van der Waals surface area contributed by atoms with Crippen molar-refractivity contribution in [3.63, 3.8) is 0 Å². The summed E-state index contributed by atoms with van der Waals surface area (Å²) < 4.78 is 20.1. The van der Waals surface area contributed by atoms with Crippen molar-refractivity contribution >= 4 is 17.4 Å². The zero-order chi connectivity index (χ0) is 20.0. The van der Waals surface area contributed by atoms with Crippen LogP contribution in [0.3, 0.4) is 0 Å². The highest BCUT2D eigenvalue weighted by Gasteiger charge is 2.26. The second-order valence-electron chi connectivity index (χ2n) is 5.18. The van der Waals surface area contributed by atoms with Crippen molar-refractivity contribution in [1.82, 2.24) is 0 Å². The standard InChI is InChI=1S/C18H17NO8/c1-24-15-7-5-4-6-11(15)14(20)10-27-18(21)12-8-16(25-2)17(26-3)9-13(12)19(22)23/h4-9H,10H2,1-3H3. The summed E-state index contributed by atoms with van der Waals surface area (Å²) in [6, 6.07) is 8.62. The fourth-order valence-corrected chi connectivity index (χ4v) is 2.34. The summed E-state index contributed by atoms with van der Waals surface area (Å²) in [6.07, 6.45) is 0. The van der Waals surface area contributed by atoms with Crippen molar-refractivity contribution in [2.75, 3.05) is 27.9 Å². The predicted molar refractivity (Wildman–Crippen MR) is 93.8 cm³/mol. The Balaban J connectivity index is 2.25. The van der Waals surface area contributed by atoms with Crippen LogP contribution in [0.5, 0.6) is 17.2 Å². The predicted octanol–water partition coefficient (Wildman–Crippen LogP) is 2.66. The van der Waals surface area contributed by atoms with Crippen LogP contribution >= 0.6 is 0 Å². The minimum atomic E-state index is -1.04. The maximum Gasteiger partial charge on any atom is 0.345 e. The third-order valence-electron chi connectivity index (χ3n) is 3.66. The van der Waals surface area contributed by atoms with E-state index in [1.54, 1.807) is 18.2 Å². The number of carbonyl (C=O) groups is 2. The summed E-state index contributed by atoms with van der Waals surface area (Å²) in [5.41, 5.74) is -0.650. The lowest BCUT2D eigenvalue weighted by Gasteiger charge is -2.11. The molecule has 27 heavy (non-hydrogen) atoms. The summed E-state index contributed by atoms with van der Waals surface area (Å²) >= 11 is 0. The van der Waals surface area contributed by atoms with Crippen LogP contribution in [0.2, 0.25) is 0 Å². The summed E-state index contributed by atoms with van der Waals surface area (Å²) in [4.78, 5) is 35.1. The molecule has 0 aliphatic rings. The minimum Gasteiger partial charge on any atom is -0.496 e. The average Bonchev–Trinajstić information content (AvgIpc) is 2.70. The number of rotatable bonds is 8. The molecule has 0 saturated heterocycles. The van der Waals surface area contributed by atoms with Crippen LogP contribution in [0.15, 0.2) is 36.4 Å². The van der Waals surface area contributed by atoms with Gasteiger partial charge in [0.1, 0.15) is 11.3 Å². The van der Waals surface area contributed by atoms with E-state index >= 15 is 0 Å². The second kappa shape index (κ2) is 8.65. The lowest BCUT2D eigenvalue weighted by atomic mass is 10.1. The molecule has 0 atom stereocenters. The van der Waals surface area contributed by atoms with Gasteiger partial charge in [0.15, 0.2) is 18.1 Å². The summed E-state index contributed by atoms with van der Waals surface area (Å²) in [7, 11) is 4.04. The number of nitro benzene ring substituents is 1. The molecule has 9 nitrogen and oxygen atoms in total. The largest absolute Gasteiger partial charge is 0.496 e. The quantitative estimate of drug-likeness (QED) is 0.299. The Morgan fingerprint density at radius 2 is 1.52 bits per heavy atom. The number of Topliss-reactive ketones (excluding diaryl/α,β-unsaturated/α-hetero) is 1. The first kappa shape index (κ1) is 19.7. The van der Waals surface area contributed by atoms with E-state index in [1.807, 2.05) is 0 Å². The molecule has 2 aromatic rings. The second-order valence-corrected chi connectivity index (χ2v) is 5.18. The van der Waals surface area contributed by atoms with E-state index in [4.69, 9.17) is 18.9 Å². The molecule has 2 rings (SSSR count). The van der Waals surface area contributed by atoms with Gasteiger partial charge in [0.25, 0.3) is 5.69 Å². The van der Waals surface area contributed by atoms with Crippen molar-refractivity contribution in [3.05, 3.63) is 57.6 Å². The third kappa shape index (κ3) is 4.32. The molecule has 0 aliphatic heterocycles. The zero-order valence-corrected chi connectivity index (χ0v) is 14.9. The van der Waals surface area contributed by atoms with Gasteiger partial charge >= 0.3 is 5.97 Å². The fraction of sp³-hybridized carbons (Fsp3) is 0.222. The molecule has 0 aliphatic carbocycles. The Bertz CT molecular complexity index is 878. The molecule has 142 valence electrons. The Morgan fingerprint density at radius 3 is 2.11 bits per heavy atom. The first-order chi connectivity index (χ1) is 12.9. The van der Waals surface area contributed by atoms with Gasteiger partial charge < -0.3 is 18.9 Å². The minimum absolute atomic E-state index is 0.0887. The number of ether oxygens (including phenoxy) is 4. The number of methoxy groups -OCH3 is 3. The van der Waals surface area contributed by atoms with Crippen molar-refractivity contribution in [2.24, 2.45) is 0 Å². The Labute approximate surface area is 154 Å². The normalized spacial score (nSPS) is 10.0. The van der Waals surface area contributed by atoms with Gasteiger partial charge in [-0.3, -0.25) is 14.9 Å². The van der Waals surface area contributed by atoms with Crippen LogP contribution in [-0.4, -0.2) is 44.6 Å². The van der Waals surface area contributed by atoms with Crippen molar-refractivity contribution in [2.45, 2.75) is 0 Å². The van der Waals surface area contributed by atoms with Gasteiger partial charge in [0.2, 0.25) is 5.78 Å². The van der Waals surface area contributed by atoms with Crippen molar-refractivity contribution in [1.29, 1.82) is 0 Å². The number of hydrogen-bond acceptors (Lipinski definition) is 8. The van der Waals surface area contributed by atoms with Crippen molar-refractivity contribution in [3.8, 4) is 17.2 Å². The molecule has 0 N–H and O–H groups in total. The zero-order valence-electron chi connectivity index (χ0n) is 14.9. The molecule has 0 saturated carbocycles. The van der Waals surface area contributed by atoms with E-state index in [9.17, 15) is 19.7 Å². The van der Waals surface area contributed by atoms with Crippen LogP contribution < -0.4 is 14.2 Å². The van der Waals surface area contributed by atoms with E-state index < -0.39 is 29.0 Å². The van der Waals surface area contributed by atoms with Crippen LogP contribution in [0.25, 0.3) is 0 Å². The van der Waals surface area contributed by atoms with Crippen LogP contribution in [0.4, 0.5) is 5.69 Å². The molecule has 2 aromatic carbocycles. The average molecular weight is 375 g/mol. The number of hydrogen-bond donors (Lipinski definition) is 0.